The number of likely N-dealkylation sites (tertiary alicyclic amines) is 1. The highest BCUT2D eigenvalue weighted by Gasteiger charge is 2.34. The van der Waals surface area contributed by atoms with Crippen molar-refractivity contribution in [1.82, 2.24) is 4.90 Å². The number of hydrogen-bond acceptors (Lipinski definition) is 1. The van der Waals surface area contributed by atoms with Gasteiger partial charge in [-0.3, -0.25) is 0 Å². The summed E-state index contributed by atoms with van der Waals surface area (Å²) in [4.78, 5) is 13.6. The molecule has 0 aromatic heterocycles. The van der Waals surface area contributed by atoms with Gasteiger partial charge >= 0.3 is 12.2 Å². The Balaban J connectivity index is 2.12. The number of amides is 2. The zero-order chi connectivity index (χ0) is 14.8. The molecule has 1 aromatic carbocycles. The van der Waals surface area contributed by atoms with E-state index in [9.17, 15) is 18.0 Å². The van der Waals surface area contributed by atoms with Crippen LogP contribution >= 0.6 is 0 Å². The van der Waals surface area contributed by atoms with Crippen molar-refractivity contribution in [2.24, 2.45) is 5.92 Å². The standard InChI is InChI=1S/C14H17F3N2O/c1-10-5-4-8-19(9-10)13(20)18-12-7-3-2-6-11(12)14(15,16)17/h2-3,6-7,10H,4-5,8-9H2,1H3,(H,18,20). The fraction of sp³-hybridized carbons (Fsp3) is 0.500. The Bertz CT molecular complexity index is 488. The van der Waals surface area contributed by atoms with Gasteiger partial charge in [0.25, 0.3) is 0 Å². The van der Waals surface area contributed by atoms with E-state index >= 15 is 0 Å². The minimum atomic E-state index is -4.47. The van der Waals surface area contributed by atoms with Crippen molar-refractivity contribution in [3.8, 4) is 0 Å². The SMILES string of the molecule is CC1CCCN(C(=O)Nc2ccccc2C(F)(F)F)C1. The molecule has 1 heterocycles. The third kappa shape index (κ3) is 3.43. The molecule has 3 nitrogen and oxygen atoms in total. The van der Waals surface area contributed by atoms with Crippen molar-refractivity contribution in [2.75, 3.05) is 18.4 Å². The van der Waals surface area contributed by atoms with Gasteiger partial charge in [-0.2, -0.15) is 13.2 Å². The highest BCUT2D eigenvalue weighted by atomic mass is 19.4. The number of para-hydroxylation sites is 1. The van der Waals surface area contributed by atoms with Crippen LogP contribution in [0, 0.1) is 5.92 Å². The predicted octanol–water partition coefficient (Wildman–Crippen LogP) is 3.97. The number of nitrogens with zero attached hydrogens (tertiary/aromatic N) is 1. The lowest BCUT2D eigenvalue weighted by Gasteiger charge is -2.31. The van der Waals surface area contributed by atoms with Crippen LogP contribution in [0.25, 0.3) is 0 Å². The molecule has 1 saturated heterocycles. The summed E-state index contributed by atoms with van der Waals surface area (Å²) in [6, 6.07) is 4.56. The van der Waals surface area contributed by atoms with Crippen molar-refractivity contribution in [1.29, 1.82) is 0 Å². The summed E-state index contributed by atoms with van der Waals surface area (Å²) in [5, 5.41) is 2.37. The Kier molecular flexibility index (Phi) is 4.20. The Hall–Kier alpha value is -1.72. The number of alkyl halides is 3. The number of halogens is 3. The monoisotopic (exact) mass is 286 g/mol. The summed E-state index contributed by atoms with van der Waals surface area (Å²) in [5.41, 5.74) is -1.01. The molecule has 1 aliphatic rings. The van der Waals surface area contributed by atoms with Crippen LogP contribution in [-0.4, -0.2) is 24.0 Å². The van der Waals surface area contributed by atoms with Crippen molar-refractivity contribution in [2.45, 2.75) is 25.9 Å². The first-order valence-electron chi connectivity index (χ1n) is 6.60. The maximum absolute atomic E-state index is 12.8. The van der Waals surface area contributed by atoms with Gasteiger partial charge in [-0.05, 0) is 30.9 Å². The molecule has 1 atom stereocenters. The van der Waals surface area contributed by atoms with Gasteiger partial charge in [0, 0.05) is 13.1 Å². The molecule has 110 valence electrons. The zero-order valence-corrected chi connectivity index (χ0v) is 11.2. The molecule has 2 amide bonds. The molecule has 1 N–H and O–H groups in total. The predicted molar refractivity (Wildman–Crippen MR) is 70.4 cm³/mol. The van der Waals surface area contributed by atoms with Gasteiger partial charge in [-0.15, -0.1) is 0 Å². The topological polar surface area (TPSA) is 32.3 Å². The van der Waals surface area contributed by atoms with Crippen molar-refractivity contribution in [3.63, 3.8) is 0 Å². The maximum Gasteiger partial charge on any atom is 0.418 e. The Labute approximate surface area is 115 Å². The largest absolute Gasteiger partial charge is 0.418 e. The lowest BCUT2D eigenvalue weighted by atomic mass is 10.0. The molecule has 2 rings (SSSR count). The molecular weight excluding hydrogens is 269 g/mol. The minimum Gasteiger partial charge on any atom is -0.324 e. The number of benzene rings is 1. The summed E-state index contributed by atoms with van der Waals surface area (Å²) in [6.07, 6.45) is -2.54. The van der Waals surface area contributed by atoms with Gasteiger partial charge in [-0.1, -0.05) is 19.1 Å². The maximum atomic E-state index is 12.8. The van der Waals surface area contributed by atoms with Crippen LogP contribution in [0.4, 0.5) is 23.7 Å². The number of carbonyl (C=O) groups is 1. The first-order valence-corrected chi connectivity index (χ1v) is 6.60. The molecule has 1 aromatic rings. The minimum absolute atomic E-state index is 0.191. The Morgan fingerprint density at radius 3 is 2.70 bits per heavy atom. The first kappa shape index (κ1) is 14.7. The van der Waals surface area contributed by atoms with Crippen molar-refractivity contribution in [3.05, 3.63) is 29.8 Å². The Morgan fingerprint density at radius 1 is 1.35 bits per heavy atom. The van der Waals surface area contributed by atoms with Crippen LogP contribution in [0.2, 0.25) is 0 Å². The summed E-state index contributed by atoms with van der Waals surface area (Å²) >= 11 is 0. The van der Waals surface area contributed by atoms with E-state index in [0.29, 0.717) is 19.0 Å². The van der Waals surface area contributed by atoms with E-state index in [0.717, 1.165) is 18.9 Å². The van der Waals surface area contributed by atoms with Gasteiger partial charge in [0.2, 0.25) is 0 Å². The van der Waals surface area contributed by atoms with Gasteiger partial charge in [0.15, 0.2) is 0 Å². The van der Waals surface area contributed by atoms with E-state index in [1.165, 1.54) is 18.2 Å². The smallest absolute Gasteiger partial charge is 0.324 e. The average Bonchev–Trinajstić information content (AvgIpc) is 2.38. The van der Waals surface area contributed by atoms with E-state index in [4.69, 9.17) is 0 Å². The molecule has 0 saturated carbocycles. The molecule has 1 aliphatic heterocycles. The molecule has 0 radical (unpaired) electrons. The number of hydrogen-bond donors (Lipinski definition) is 1. The van der Waals surface area contributed by atoms with Crippen molar-refractivity contribution >= 4 is 11.7 Å². The average molecular weight is 286 g/mol. The molecular formula is C14H17F3N2O. The Morgan fingerprint density at radius 2 is 2.05 bits per heavy atom. The van der Waals surface area contributed by atoms with E-state index in [1.54, 1.807) is 4.90 Å². The normalized spacial score (nSPS) is 19.8. The van der Waals surface area contributed by atoms with E-state index in [2.05, 4.69) is 5.32 Å². The van der Waals surface area contributed by atoms with Crippen LogP contribution in [0.5, 0.6) is 0 Å². The first-order chi connectivity index (χ1) is 9.38. The number of piperidine rings is 1. The van der Waals surface area contributed by atoms with Crippen LogP contribution in [0.15, 0.2) is 24.3 Å². The quantitative estimate of drug-likeness (QED) is 0.832. The number of nitrogens with one attached hydrogen (secondary N) is 1. The molecule has 6 heteroatoms. The van der Waals surface area contributed by atoms with E-state index in [1.807, 2.05) is 6.92 Å². The number of carbonyl (C=O) groups excluding carboxylic acids is 1. The van der Waals surface area contributed by atoms with E-state index in [-0.39, 0.29) is 5.69 Å². The summed E-state index contributed by atoms with van der Waals surface area (Å²) < 4.78 is 38.5. The fourth-order valence-electron chi connectivity index (χ4n) is 2.41. The molecule has 1 fully saturated rings. The van der Waals surface area contributed by atoms with Crippen LogP contribution in [0.3, 0.4) is 0 Å². The summed E-state index contributed by atoms with van der Waals surface area (Å²) in [5.74, 6) is 0.382. The highest BCUT2D eigenvalue weighted by Crippen LogP contribution is 2.34. The van der Waals surface area contributed by atoms with Crippen LogP contribution in [0.1, 0.15) is 25.3 Å². The molecule has 20 heavy (non-hydrogen) atoms. The highest BCUT2D eigenvalue weighted by molar-refractivity contribution is 5.90. The third-order valence-electron chi connectivity index (χ3n) is 3.42. The molecule has 1 unspecified atom stereocenters. The number of rotatable bonds is 1. The van der Waals surface area contributed by atoms with Gasteiger partial charge < -0.3 is 10.2 Å². The molecule has 0 aliphatic carbocycles. The van der Waals surface area contributed by atoms with Gasteiger partial charge in [0.1, 0.15) is 0 Å². The second kappa shape index (κ2) is 5.73. The summed E-state index contributed by atoms with van der Waals surface area (Å²) in [7, 11) is 0. The number of anilines is 1. The second-order valence-corrected chi connectivity index (χ2v) is 5.17. The fourth-order valence-corrected chi connectivity index (χ4v) is 2.41. The van der Waals surface area contributed by atoms with Gasteiger partial charge in [0.05, 0.1) is 11.3 Å². The van der Waals surface area contributed by atoms with E-state index < -0.39 is 17.8 Å². The molecule has 0 spiro atoms. The zero-order valence-electron chi connectivity index (χ0n) is 11.2. The van der Waals surface area contributed by atoms with Crippen LogP contribution < -0.4 is 5.32 Å². The van der Waals surface area contributed by atoms with Crippen LogP contribution in [-0.2, 0) is 6.18 Å². The number of urea groups is 1. The third-order valence-corrected chi connectivity index (χ3v) is 3.42. The van der Waals surface area contributed by atoms with Gasteiger partial charge in [-0.25, -0.2) is 4.79 Å². The second-order valence-electron chi connectivity index (χ2n) is 5.17. The lowest BCUT2D eigenvalue weighted by molar-refractivity contribution is -0.136. The lowest BCUT2D eigenvalue weighted by Crippen LogP contribution is -2.41. The summed E-state index contributed by atoms with van der Waals surface area (Å²) in [6.45, 7) is 3.20. The molecule has 0 bridgehead atoms. The van der Waals surface area contributed by atoms with Crippen molar-refractivity contribution < 1.29 is 18.0 Å².